The first-order valence-electron chi connectivity index (χ1n) is 27.3. The molecule has 2 saturated carbocycles. The number of benzene rings is 6. The monoisotopic (exact) mass is 1730 g/mol. The fourth-order valence-corrected chi connectivity index (χ4v) is 22.6. The van der Waals surface area contributed by atoms with Crippen molar-refractivity contribution in [2.24, 2.45) is 34.5 Å². The second-order valence-corrected chi connectivity index (χ2v) is 36.2. The predicted octanol–water partition coefficient (Wildman–Crippen LogP) is 17.6. The molecule has 0 unspecified atom stereocenters. The molecule has 0 saturated heterocycles. The maximum absolute atomic E-state index is 12.3. The van der Waals surface area contributed by atoms with E-state index in [1.54, 1.807) is 16.9 Å². The van der Waals surface area contributed by atoms with E-state index in [4.69, 9.17) is 19.1 Å². The summed E-state index contributed by atoms with van der Waals surface area (Å²) in [4.78, 5) is 5.41. The third-order valence-electron chi connectivity index (χ3n) is 15.8. The number of alkyl halides is 3. The molecule has 2 aromatic heterocycles. The molecule has 0 spiro atoms. The summed E-state index contributed by atoms with van der Waals surface area (Å²) in [6.45, 7) is 17.3. The molecule has 20 heteroatoms. The third kappa shape index (κ3) is 19.1. The van der Waals surface area contributed by atoms with Gasteiger partial charge in [0.2, 0.25) is 0 Å². The molecule has 0 aliphatic heterocycles. The topological polar surface area (TPSA) is 43.4 Å². The molecule has 4 aliphatic carbocycles. The van der Waals surface area contributed by atoms with E-state index < -0.39 is 31.5 Å². The normalized spacial score (nSPS) is 18.3. The first-order valence-corrected chi connectivity index (χ1v) is 40.2. The van der Waals surface area contributed by atoms with Crippen LogP contribution in [0, 0.1) is 68.3 Å². The molecule has 12 rings (SSSR count). The molecule has 3 nitrogen and oxygen atoms in total. The SMILES string of the molecule is CC1(C)[C@@H]2CC[C@H]1C(OS(=O)(=O)C(F)(F)F)=C2Br.Cc1[c-]c(Br)c(C)s1.Cc1sc(C)c(C2=C(Br)[C@H]3CC[C@@H]2C3(C)C)c1Br.[Br-].[Cl][Pd][Cl].[Mg+2].c1ccc(P(c2ccccc2)c2ccccc2)cc1.c1ccc(P(c2ccccc2)c2ccccc2)cc1. The molecule has 0 amide bonds. The van der Waals surface area contributed by atoms with Crippen LogP contribution in [0.2, 0.25) is 0 Å². The molecular weight excluding hydrogens is 1670 g/mol. The maximum atomic E-state index is 12.3. The van der Waals surface area contributed by atoms with Crippen LogP contribution >= 0.6 is 121 Å². The summed E-state index contributed by atoms with van der Waals surface area (Å²) in [7, 11) is 3.16. The second-order valence-electron chi connectivity index (χ2n) is 21.8. The fourth-order valence-electron chi connectivity index (χ4n) is 11.6. The third-order valence-corrected chi connectivity index (χ3v) is 27.8. The van der Waals surface area contributed by atoms with E-state index in [0.717, 1.165) is 22.7 Å². The first kappa shape index (κ1) is 76.7. The number of halogens is 10. The standard InChI is InChI=1S/2C18H15P.C15H18Br2S.C10H12BrF3O3S.C6H6BrS.BrH.2ClH.Mg.Pd/c2*1-4-10-16(11-5-1)19(17-12-6-2-7-13-17)18-14-8-3-9-15-18;1-7-11(13(16)8(2)18-7)12-9-5-6-10(14(12)17)15(9,3)4;1-9(2)5-3-4-6(9)8(7(5)11)17-18(15,16)10(12,13)14;1-4-3-6(7)5(2)8-4;;;;;/h2*1-15H;9-10H,5-6H2,1-4H3;5-6H,3-4H2,1-2H3;1-2H3;3*1H;;/q;;;;-1;;;;2*+2/p-3/t;;9-,10+;5-,6+;;;;;;/m..01....../s1. The second kappa shape index (κ2) is 35.0. The summed E-state index contributed by atoms with van der Waals surface area (Å²) < 4.78 is 67.7. The Morgan fingerprint density at radius 1 is 0.529 bits per heavy atom. The first-order chi connectivity index (χ1) is 40.3. The van der Waals surface area contributed by atoms with Gasteiger partial charge in [0.05, 0.1) is 0 Å². The number of hydrogen-bond donors (Lipinski definition) is 0. The van der Waals surface area contributed by atoms with Gasteiger partial charge >= 0.3 is 73.7 Å². The van der Waals surface area contributed by atoms with E-state index in [0.29, 0.717) is 16.3 Å². The number of fused-ring (bicyclic) bond motifs is 4. The zero-order valence-electron chi connectivity index (χ0n) is 49.1. The Morgan fingerprint density at radius 2 is 0.839 bits per heavy atom. The van der Waals surface area contributed by atoms with Crippen molar-refractivity contribution in [3.63, 3.8) is 0 Å². The number of aryl methyl sites for hydroxylation is 4. The Hall–Kier alpha value is -0.991. The van der Waals surface area contributed by atoms with E-state index in [2.05, 4.69) is 298 Å². The molecule has 4 aliphatic rings. The van der Waals surface area contributed by atoms with E-state index >= 15 is 0 Å². The number of allylic oxidation sites excluding steroid dienone is 4. The minimum atomic E-state index is -5.57. The Bertz CT molecular complexity index is 3310. The summed E-state index contributed by atoms with van der Waals surface area (Å²) >= 11 is 17.8. The largest absolute Gasteiger partial charge is 2.00 e. The van der Waals surface area contributed by atoms with Gasteiger partial charge < -0.3 is 21.2 Å². The van der Waals surface area contributed by atoms with Gasteiger partial charge in [0.15, 0.2) is 0 Å². The molecular formula is C67H66Br5Cl2F3MgO3P2PdS3. The molecule has 8 aromatic rings. The Morgan fingerprint density at radius 3 is 1.07 bits per heavy atom. The van der Waals surface area contributed by atoms with Gasteiger partial charge in [0, 0.05) is 34.7 Å². The predicted molar refractivity (Wildman–Crippen MR) is 377 cm³/mol. The van der Waals surface area contributed by atoms with Crippen molar-refractivity contribution in [3.05, 3.63) is 237 Å². The zero-order valence-corrected chi connectivity index (χ0v) is 65.8. The summed E-state index contributed by atoms with van der Waals surface area (Å²) in [5.41, 5.74) is -2.17. The maximum Gasteiger partial charge on any atom is 2.00 e. The van der Waals surface area contributed by atoms with Crippen LogP contribution in [0.25, 0.3) is 5.57 Å². The Labute approximate surface area is 601 Å². The van der Waals surface area contributed by atoms with Crippen LogP contribution in [0.5, 0.6) is 0 Å². The van der Waals surface area contributed by atoms with Crippen LogP contribution < -0.4 is 48.8 Å². The van der Waals surface area contributed by atoms with Gasteiger partial charge in [-0.05, 0) is 144 Å². The van der Waals surface area contributed by atoms with Crippen molar-refractivity contribution in [1.82, 2.24) is 0 Å². The molecule has 6 aromatic carbocycles. The molecule has 0 N–H and O–H groups in total. The van der Waals surface area contributed by atoms with Crippen molar-refractivity contribution in [2.45, 2.75) is 86.6 Å². The zero-order chi connectivity index (χ0) is 61.9. The van der Waals surface area contributed by atoms with Gasteiger partial charge in [0.25, 0.3) is 0 Å². The number of hydrogen-bond acceptors (Lipinski definition) is 5. The summed E-state index contributed by atoms with van der Waals surface area (Å²) in [5.74, 6) is 1.12. The molecule has 87 heavy (non-hydrogen) atoms. The van der Waals surface area contributed by atoms with Crippen molar-refractivity contribution in [3.8, 4) is 0 Å². The van der Waals surface area contributed by atoms with Crippen molar-refractivity contribution < 1.29 is 58.7 Å². The summed E-state index contributed by atoms with van der Waals surface area (Å²) in [6.07, 6.45) is 4.18. The summed E-state index contributed by atoms with van der Waals surface area (Å²) in [6, 6.07) is 67.8. The smallest absolute Gasteiger partial charge is 0.0622 e. The van der Waals surface area contributed by atoms with E-state index in [-0.39, 0.29) is 79.0 Å². The molecule has 2 fully saturated rings. The molecule has 4 atom stereocenters. The average molecular weight is 1740 g/mol. The fraction of sp³-hybridized carbons (Fsp3) is 0.284. The van der Waals surface area contributed by atoms with Crippen LogP contribution in [0.3, 0.4) is 0 Å². The molecule has 0 radical (unpaired) electrons. The average Bonchev–Trinajstić information content (AvgIpc) is 1.61. The van der Waals surface area contributed by atoms with Gasteiger partial charge in [-0.3, -0.25) is 11.3 Å². The van der Waals surface area contributed by atoms with Crippen LogP contribution in [0.4, 0.5) is 13.2 Å². The Balaban J connectivity index is 0.000000198. The molecule has 2 heterocycles. The minimum Gasteiger partial charge on any atom is -0.0622 e. The quantitative estimate of drug-likeness (QED) is 0.0476. The van der Waals surface area contributed by atoms with Gasteiger partial charge in [-0.2, -0.15) is 21.6 Å². The Kier molecular flexibility index (Phi) is 30.8. The number of thiophene rings is 2. The van der Waals surface area contributed by atoms with Gasteiger partial charge in [0.1, 0.15) is 5.76 Å². The van der Waals surface area contributed by atoms with Gasteiger partial charge in [-0.25, -0.2) is 6.07 Å². The van der Waals surface area contributed by atoms with Crippen molar-refractivity contribution in [1.29, 1.82) is 0 Å². The summed E-state index contributed by atoms with van der Waals surface area (Å²) in [5, 5.41) is 8.39. The van der Waals surface area contributed by atoms with Gasteiger partial charge in [-0.15, -0.1) is 25.6 Å². The minimum absolute atomic E-state index is 0. The number of rotatable bonds is 9. The molecule has 4 bridgehead atoms. The van der Waals surface area contributed by atoms with E-state index in [9.17, 15) is 21.6 Å². The van der Waals surface area contributed by atoms with Gasteiger partial charge in [-0.1, -0.05) is 264 Å². The van der Waals surface area contributed by atoms with E-state index in [1.165, 1.54) is 78.7 Å². The van der Waals surface area contributed by atoms with Crippen LogP contribution in [-0.2, 0) is 30.2 Å². The van der Waals surface area contributed by atoms with Crippen molar-refractivity contribution in [2.75, 3.05) is 0 Å². The van der Waals surface area contributed by atoms with Crippen molar-refractivity contribution >= 4 is 192 Å². The van der Waals surface area contributed by atoms with E-state index in [1.807, 2.05) is 25.2 Å². The van der Waals surface area contributed by atoms with Crippen LogP contribution in [0.1, 0.15) is 78.5 Å². The van der Waals surface area contributed by atoms with Crippen LogP contribution in [0.15, 0.2) is 206 Å². The molecule has 462 valence electrons. The van der Waals surface area contributed by atoms with Crippen LogP contribution in [-0.4, -0.2) is 37.0 Å².